The van der Waals surface area contributed by atoms with E-state index >= 15 is 0 Å². The number of rotatable bonds is 2. The Hall–Kier alpha value is -0.210. The smallest absolute Gasteiger partial charge is 0.458 e. The Balaban J connectivity index is 0.000000387. The van der Waals surface area contributed by atoms with Crippen molar-refractivity contribution in [3.05, 3.63) is 46.2 Å². The number of nitrogens with zero attached hydrogens (tertiary/aromatic N) is 1. The zero-order valence-corrected chi connectivity index (χ0v) is 14.7. The Labute approximate surface area is 145 Å². The summed E-state index contributed by atoms with van der Waals surface area (Å²) >= 11 is 4.90. The van der Waals surface area contributed by atoms with E-state index in [0.717, 1.165) is 5.56 Å². The van der Waals surface area contributed by atoms with Crippen LogP contribution in [0.3, 0.4) is 0 Å². The Morgan fingerprint density at radius 2 is 1.85 bits per heavy atom. The number of aliphatic hydroxyl groups is 1. The van der Waals surface area contributed by atoms with Crippen molar-refractivity contribution >= 4 is 27.6 Å². The van der Waals surface area contributed by atoms with Crippen LogP contribution >= 0.6 is 11.8 Å². The normalized spacial score (nSPS) is 17.1. The van der Waals surface area contributed by atoms with E-state index in [1.807, 2.05) is 6.92 Å². The van der Waals surface area contributed by atoms with E-state index in [1.165, 1.54) is 24.3 Å². The molecule has 0 aromatic heterocycles. The number of sulfonamides is 1. The van der Waals surface area contributed by atoms with Gasteiger partial charge in [0.1, 0.15) is 10.0 Å². The van der Waals surface area contributed by atoms with Crippen LogP contribution in [0.2, 0.25) is 0 Å². The minimum atomic E-state index is -3.62. The maximum atomic E-state index is 11.0. The molecule has 0 saturated carbocycles. The van der Waals surface area contributed by atoms with Gasteiger partial charge in [0.05, 0.1) is 6.10 Å². The van der Waals surface area contributed by atoms with E-state index in [9.17, 15) is 13.2 Å². The number of aryl methyl sites for hydroxylation is 1. The van der Waals surface area contributed by atoms with Gasteiger partial charge in [0.2, 0.25) is 0 Å². The Kier molecular flexibility index (Phi) is 8.85. The van der Waals surface area contributed by atoms with Crippen LogP contribution in [0.5, 0.6) is 0 Å². The second kappa shape index (κ2) is 8.94. The first-order chi connectivity index (χ1) is 8.85. The van der Waals surface area contributed by atoms with E-state index in [2.05, 4.69) is 4.24 Å². The van der Waals surface area contributed by atoms with E-state index in [-0.39, 0.29) is 46.7 Å². The predicted molar refractivity (Wildman–Crippen MR) is 72.3 cm³/mol. The van der Waals surface area contributed by atoms with E-state index in [1.54, 1.807) is 12.1 Å². The first-order valence-corrected chi connectivity index (χ1v) is 7.17. The average molecular weight is 326 g/mol. The number of carbonyl (C=O) groups is 1. The summed E-state index contributed by atoms with van der Waals surface area (Å²) in [5.41, 5.74) is 0.989. The van der Waals surface area contributed by atoms with Gasteiger partial charge in [-0.1, -0.05) is 23.8 Å². The molecule has 0 amide bonds. The summed E-state index contributed by atoms with van der Waals surface area (Å²) in [5, 5.41) is 8.59. The van der Waals surface area contributed by atoms with Gasteiger partial charge in [-0.3, -0.25) is 16.6 Å². The standard InChI is InChI=1S/C7H7ClNO2S.C5H6O2.Na/c1-6-2-4-7(5-3-6)12(10,11)9-8;6-4-1-2-5(7)3-4;/h2-5H,1H3;1-2,4,6H,3H2;/q-1;;+1. The molecule has 1 aromatic carbocycles. The zero-order chi connectivity index (χ0) is 14.5. The molecule has 1 N–H and O–H groups in total. The van der Waals surface area contributed by atoms with Gasteiger partial charge >= 0.3 is 29.6 Å². The third-order valence-corrected chi connectivity index (χ3v) is 3.92. The monoisotopic (exact) mass is 325 g/mol. The molecule has 1 aliphatic carbocycles. The Bertz CT molecular complexity index is 572. The second-order valence-corrected chi connectivity index (χ2v) is 5.93. The van der Waals surface area contributed by atoms with E-state index in [0.29, 0.717) is 0 Å². The fourth-order valence-corrected chi connectivity index (χ4v) is 2.11. The molecule has 1 atom stereocenters. The van der Waals surface area contributed by atoms with Gasteiger partial charge in [-0.15, -0.1) is 0 Å². The molecule has 1 aliphatic rings. The minimum absolute atomic E-state index is 0. The first-order valence-electron chi connectivity index (χ1n) is 5.39. The van der Waals surface area contributed by atoms with Gasteiger partial charge in [0, 0.05) is 11.3 Å². The third-order valence-electron chi connectivity index (χ3n) is 2.32. The van der Waals surface area contributed by atoms with Crippen molar-refractivity contribution in [2.45, 2.75) is 24.3 Å². The van der Waals surface area contributed by atoms with E-state index in [4.69, 9.17) is 16.9 Å². The molecule has 0 bridgehead atoms. The van der Waals surface area contributed by atoms with Crippen molar-refractivity contribution in [2.24, 2.45) is 0 Å². The molecule has 2 rings (SSSR count). The third kappa shape index (κ3) is 6.49. The molecular formula is C12H13ClNNaO4S. The van der Waals surface area contributed by atoms with Gasteiger partial charge in [-0.25, -0.2) is 8.42 Å². The van der Waals surface area contributed by atoms with Crippen molar-refractivity contribution < 1.29 is 47.9 Å². The van der Waals surface area contributed by atoms with Crippen molar-refractivity contribution in [1.29, 1.82) is 0 Å². The van der Waals surface area contributed by atoms with Crippen LogP contribution in [-0.4, -0.2) is 25.4 Å². The zero-order valence-electron chi connectivity index (χ0n) is 11.2. The largest absolute Gasteiger partial charge is 1.00 e. The fourth-order valence-electron chi connectivity index (χ4n) is 1.31. The summed E-state index contributed by atoms with van der Waals surface area (Å²) in [6, 6.07) is 6.32. The summed E-state index contributed by atoms with van der Waals surface area (Å²) in [6.07, 6.45) is 2.68. The summed E-state index contributed by atoms with van der Waals surface area (Å²) in [5.74, 6) is 0.0208. The second-order valence-electron chi connectivity index (χ2n) is 3.95. The molecule has 0 radical (unpaired) electrons. The van der Waals surface area contributed by atoms with Crippen LogP contribution in [0.1, 0.15) is 12.0 Å². The molecule has 1 unspecified atom stereocenters. The van der Waals surface area contributed by atoms with Crippen molar-refractivity contribution in [3.8, 4) is 0 Å². The van der Waals surface area contributed by atoms with Crippen LogP contribution in [0.15, 0.2) is 41.3 Å². The molecular weight excluding hydrogens is 313 g/mol. The molecule has 104 valence electrons. The fraction of sp³-hybridized carbons (Fsp3) is 0.250. The molecule has 0 saturated heterocycles. The minimum Gasteiger partial charge on any atom is -0.458 e. The predicted octanol–water partition coefficient (Wildman–Crippen LogP) is -0.908. The van der Waals surface area contributed by atoms with Crippen molar-refractivity contribution in [1.82, 2.24) is 0 Å². The van der Waals surface area contributed by atoms with Crippen LogP contribution in [-0.2, 0) is 14.8 Å². The number of benzene rings is 1. The Morgan fingerprint density at radius 1 is 1.30 bits per heavy atom. The molecule has 0 fully saturated rings. The number of hydrogen-bond donors (Lipinski definition) is 1. The van der Waals surface area contributed by atoms with Crippen molar-refractivity contribution in [2.75, 3.05) is 0 Å². The van der Waals surface area contributed by atoms with Crippen LogP contribution < -0.4 is 29.6 Å². The van der Waals surface area contributed by atoms with Crippen LogP contribution in [0, 0.1) is 6.92 Å². The molecule has 5 nitrogen and oxygen atoms in total. The molecule has 20 heavy (non-hydrogen) atoms. The number of ketones is 1. The topological polar surface area (TPSA) is 85.5 Å². The number of aliphatic hydroxyl groups excluding tert-OH is 1. The van der Waals surface area contributed by atoms with Gasteiger partial charge in [-0.05, 0) is 25.1 Å². The average Bonchev–Trinajstić information content (AvgIpc) is 2.74. The molecule has 8 heteroatoms. The van der Waals surface area contributed by atoms with E-state index < -0.39 is 16.1 Å². The number of halogens is 1. The summed E-state index contributed by atoms with van der Waals surface area (Å²) in [6.45, 7) is 1.87. The maximum absolute atomic E-state index is 11.0. The molecule has 0 spiro atoms. The summed E-state index contributed by atoms with van der Waals surface area (Å²) < 4.78 is 24.8. The molecule has 0 aliphatic heterocycles. The summed E-state index contributed by atoms with van der Waals surface area (Å²) in [7, 11) is -3.62. The molecule has 1 aromatic rings. The van der Waals surface area contributed by atoms with Crippen molar-refractivity contribution in [3.63, 3.8) is 0 Å². The molecule has 0 heterocycles. The van der Waals surface area contributed by atoms with Gasteiger partial charge in [-0.2, -0.15) is 0 Å². The van der Waals surface area contributed by atoms with Crippen LogP contribution in [0.4, 0.5) is 0 Å². The number of allylic oxidation sites excluding steroid dienone is 1. The van der Waals surface area contributed by atoms with Gasteiger partial charge in [0.15, 0.2) is 5.78 Å². The first kappa shape index (κ1) is 19.8. The maximum Gasteiger partial charge on any atom is 1.00 e. The van der Waals surface area contributed by atoms with Gasteiger partial charge < -0.3 is 9.35 Å². The summed E-state index contributed by atoms with van der Waals surface area (Å²) in [4.78, 5) is 10.3. The Morgan fingerprint density at radius 3 is 2.15 bits per heavy atom. The number of carbonyl (C=O) groups excluding carboxylic acids is 1. The SMILES string of the molecule is Cc1ccc(S(=O)(=O)[N-]Cl)cc1.O=C1C=CC(O)C1.[Na+]. The number of hydrogen-bond acceptors (Lipinski definition) is 4. The van der Waals surface area contributed by atoms with Gasteiger partial charge in [0.25, 0.3) is 0 Å². The van der Waals surface area contributed by atoms with Crippen LogP contribution in [0.25, 0.3) is 4.24 Å². The quantitative estimate of drug-likeness (QED) is 0.714.